The molecular formula is C21H22FNO. The van der Waals surface area contributed by atoms with Crippen molar-refractivity contribution in [3.05, 3.63) is 77.6 Å². The van der Waals surface area contributed by atoms with E-state index in [1.807, 2.05) is 17.9 Å². The Hall–Kier alpha value is -2.42. The van der Waals surface area contributed by atoms with Crippen LogP contribution in [-0.2, 0) is 4.79 Å². The van der Waals surface area contributed by atoms with Gasteiger partial charge >= 0.3 is 0 Å². The number of allylic oxidation sites excluding steroid dienone is 1. The fraction of sp³-hybridized carbons (Fsp3) is 0.286. The van der Waals surface area contributed by atoms with E-state index in [1.54, 1.807) is 18.2 Å². The lowest BCUT2D eigenvalue weighted by Gasteiger charge is -2.31. The Morgan fingerprint density at radius 3 is 2.29 bits per heavy atom. The Balaban J connectivity index is 1.61. The number of hydrogen-bond acceptors (Lipinski definition) is 1. The van der Waals surface area contributed by atoms with E-state index in [4.69, 9.17) is 0 Å². The fourth-order valence-electron chi connectivity index (χ4n) is 3.23. The summed E-state index contributed by atoms with van der Waals surface area (Å²) >= 11 is 0. The van der Waals surface area contributed by atoms with E-state index in [0.717, 1.165) is 37.1 Å². The van der Waals surface area contributed by atoms with Crippen LogP contribution in [0.4, 0.5) is 4.39 Å². The van der Waals surface area contributed by atoms with E-state index in [9.17, 15) is 9.18 Å². The number of likely N-dealkylation sites (tertiary alicyclic amines) is 1. The maximum atomic E-state index is 13.0. The maximum absolute atomic E-state index is 13.0. The SMILES string of the molecule is C/C(=C/C(=O)N1CCC(c2ccccc2)CC1)c1ccc(F)cc1. The molecule has 24 heavy (non-hydrogen) atoms. The molecule has 1 fully saturated rings. The highest BCUT2D eigenvalue weighted by molar-refractivity contribution is 5.94. The zero-order valence-electron chi connectivity index (χ0n) is 13.9. The normalized spacial score (nSPS) is 16.2. The number of piperidine rings is 1. The summed E-state index contributed by atoms with van der Waals surface area (Å²) in [5.41, 5.74) is 3.11. The minimum absolute atomic E-state index is 0.0448. The predicted molar refractivity (Wildman–Crippen MR) is 95.0 cm³/mol. The standard InChI is InChI=1S/C21H22FNO/c1-16(17-7-9-20(22)10-8-17)15-21(24)23-13-11-19(12-14-23)18-5-3-2-4-6-18/h2-10,15,19H,11-14H2,1H3/b16-15-. The monoisotopic (exact) mass is 323 g/mol. The molecule has 3 rings (SSSR count). The minimum atomic E-state index is -0.263. The first-order valence-corrected chi connectivity index (χ1v) is 8.41. The molecule has 0 radical (unpaired) electrons. The Morgan fingerprint density at radius 2 is 1.67 bits per heavy atom. The van der Waals surface area contributed by atoms with Gasteiger partial charge in [-0.3, -0.25) is 4.79 Å². The number of carbonyl (C=O) groups excluding carboxylic acids is 1. The van der Waals surface area contributed by atoms with Crippen LogP contribution < -0.4 is 0 Å². The van der Waals surface area contributed by atoms with Gasteiger partial charge in [-0.1, -0.05) is 42.5 Å². The molecule has 1 aliphatic rings. The van der Waals surface area contributed by atoms with E-state index in [1.165, 1.54) is 17.7 Å². The molecule has 1 heterocycles. The zero-order chi connectivity index (χ0) is 16.9. The molecule has 0 aliphatic carbocycles. The van der Waals surface area contributed by atoms with Crippen LogP contribution in [0.2, 0.25) is 0 Å². The topological polar surface area (TPSA) is 20.3 Å². The molecule has 0 N–H and O–H groups in total. The molecule has 0 unspecified atom stereocenters. The van der Waals surface area contributed by atoms with Crippen LogP contribution >= 0.6 is 0 Å². The second kappa shape index (κ2) is 7.43. The van der Waals surface area contributed by atoms with Crippen LogP contribution in [0.15, 0.2) is 60.7 Å². The van der Waals surface area contributed by atoms with Gasteiger partial charge in [0.1, 0.15) is 5.82 Å². The highest BCUT2D eigenvalue weighted by Gasteiger charge is 2.22. The number of benzene rings is 2. The van der Waals surface area contributed by atoms with Gasteiger partial charge in [0.2, 0.25) is 5.91 Å². The maximum Gasteiger partial charge on any atom is 0.246 e. The first-order valence-electron chi connectivity index (χ1n) is 8.41. The number of nitrogens with zero attached hydrogens (tertiary/aromatic N) is 1. The van der Waals surface area contributed by atoms with E-state index < -0.39 is 0 Å². The van der Waals surface area contributed by atoms with Crippen molar-refractivity contribution < 1.29 is 9.18 Å². The molecule has 1 saturated heterocycles. The molecule has 2 nitrogen and oxygen atoms in total. The molecule has 2 aromatic rings. The van der Waals surface area contributed by atoms with Crippen LogP contribution in [0.25, 0.3) is 5.57 Å². The third kappa shape index (κ3) is 3.91. The molecule has 0 saturated carbocycles. The molecule has 0 bridgehead atoms. The Morgan fingerprint density at radius 1 is 1.04 bits per heavy atom. The van der Waals surface area contributed by atoms with Crippen LogP contribution in [0.3, 0.4) is 0 Å². The van der Waals surface area contributed by atoms with E-state index in [-0.39, 0.29) is 11.7 Å². The summed E-state index contributed by atoms with van der Waals surface area (Å²) in [5.74, 6) is 0.321. The van der Waals surface area contributed by atoms with Gasteiger partial charge in [0.15, 0.2) is 0 Å². The molecule has 0 aromatic heterocycles. The second-order valence-electron chi connectivity index (χ2n) is 6.34. The lowest BCUT2D eigenvalue weighted by atomic mass is 9.89. The summed E-state index contributed by atoms with van der Waals surface area (Å²) in [7, 11) is 0. The highest BCUT2D eigenvalue weighted by Crippen LogP contribution is 2.28. The van der Waals surface area contributed by atoms with E-state index in [2.05, 4.69) is 24.3 Å². The van der Waals surface area contributed by atoms with Crippen molar-refractivity contribution in [3.63, 3.8) is 0 Å². The Kier molecular flexibility index (Phi) is 5.09. The zero-order valence-corrected chi connectivity index (χ0v) is 13.9. The lowest BCUT2D eigenvalue weighted by Crippen LogP contribution is -2.37. The summed E-state index contributed by atoms with van der Waals surface area (Å²) in [6, 6.07) is 16.8. The summed E-state index contributed by atoms with van der Waals surface area (Å²) in [5, 5.41) is 0. The smallest absolute Gasteiger partial charge is 0.246 e. The third-order valence-electron chi connectivity index (χ3n) is 4.72. The van der Waals surface area contributed by atoms with Crippen LogP contribution in [0.1, 0.15) is 36.8 Å². The molecule has 1 amide bonds. The first kappa shape index (κ1) is 16.4. The number of hydrogen-bond donors (Lipinski definition) is 0. The summed E-state index contributed by atoms with van der Waals surface area (Å²) < 4.78 is 13.0. The summed E-state index contributed by atoms with van der Waals surface area (Å²) in [6.45, 7) is 3.46. The summed E-state index contributed by atoms with van der Waals surface area (Å²) in [6.07, 6.45) is 3.66. The second-order valence-corrected chi connectivity index (χ2v) is 6.34. The van der Waals surface area contributed by atoms with Crippen molar-refractivity contribution in [2.45, 2.75) is 25.7 Å². The van der Waals surface area contributed by atoms with Gasteiger partial charge in [-0.25, -0.2) is 4.39 Å². The Labute approximate surface area is 142 Å². The molecule has 124 valence electrons. The molecule has 3 heteroatoms. The van der Waals surface area contributed by atoms with Gasteiger partial charge < -0.3 is 4.90 Å². The third-order valence-corrected chi connectivity index (χ3v) is 4.72. The highest BCUT2D eigenvalue weighted by atomic mass is 19.1. The molecule has 2 aromatic carbocycles. The van der Waals surface area contributed by atoms with Crippen molar-refractivity contribution in [1.82, 2.24) is 4.90 Å². The van der Waals surface area contributed by atoms with Crippen molar-refractivity contribution in [1.29, 1.82) is 0 Å². The van der Waals surface area contributed by atoms with Gasteiger partial charge in [0.25, 0.3) is 0 Å². The molecule has 1 aliphatic heterocycles. The van der Waals surface area contributed by atoms with Crippen molar-refractivity contribution in [2.24, 2.45) is 0 Å². The molecule has 0 atom stereocenters. The van der Waals surface area contributed by atoms with Crippen molar-refractivity contribution in [3.8, 4) is 0 Å². The Bertz CT molecular complexity index is 713. The first-order chi connectivity index (χ1) is 11.6. The van der Waals surface area contributed by atoms with Gasteiger partial charge in [0.05, 0.1) is 0 Å². The predicted octanol–water partition coefficient (Wildman–Crippen LogP) is 4.64. The van der Waals surface area contributed by atoms with Crippen LogP contribution in [0, 0.1) is 5.82 Å². The number of amides is 1. The van der Waals surface area contributed by atoms with Crippen molar-refractivity contribution >= 4 is 11.5 Å². The van der Waals surface area contributed by atoms with Crippen LogP contribution in [0.5, 0.6) is 0 Å². The average molecular weight is 323 g/mol. The van der Waals surface area contributed by atoms with Crippen molar-refractivity contribution in [2.75, 3.05) is 13.1 Å². The summed E-state index contributed by atoms with van der Waals surface area (Å²) in [4.78, 5) is 14.4. The van der Waals surface area contributed by atoms with Gasteiger partial charge in [-0.15, -0.1) is 0 Å². The van der Waals surface area contributed by atoms with Gasteiger partial charge in [-0.05, 0) is 54.5 Å². The van der Waals surface area contributed by atoms with E-state index >= 15 is 0 Å². The number of carbonyl (C=O) groups is 1. The van der Waals surface area contributed by atoms with E-state index in [0.29, 0.717) is 5.92 Å². The molecular weight excluding hydrogens is 301 g/mol. The average Bonchev–Trinajstić information content (AvgIpc) is 2.63. The number of rotatable bonds is 3. The quantitative estimate of drug-likeness (QED) is 0.754. The van der Waals surface area contributed by atoms with Crippen LogP contribution in [-0.4, -0.2) is 23.9 Å². The largest absolute Gasteiger partial charge is 0.339 e. The fourth-order valence-corrected chi connectivity index (χ4v) is 3.23. The van der Waals surface area contributed by atoms with Gasteiger partial charge in [0, 0.05) is 19.2 Å². The minimum Gasteiger partial charge on any atom is -0.339 e. The lowest BCUT2D eigenvalue weighted by molar-refractivity contribution is -0.127. The molecule has 0 spiro atoms. The van der Waals surface area contributed by atoms with Gasteiger partial charge in [-0.2, -0.15) is 0 Å². The number of halogens is 1.